The van der Waals surface area contributed by atoms with Crippen LogP contribution in [0.15, 0.2) is 48.0 Å². The molecule has 116 valence electrons. The highest BCUT2D eigenvalue weighted by Crippen LogP contribution is 2.39. The molecule has 0 spiro atoms. The van der Waals surface area contributed by atoms with E-state index in [9.17, 15) is 10.4 Å². The minimum absolute atomic E-state index is 0.000652. The molecule has 3 rings (SSSR count). The molecule has 0 saturated carbocycles. The van der Waals surface area contributed by atoms with Crippen molar-refractivity contribution in [1.29, 1.82) is 5.26 Å². The van der Waals surface area contributed by atoms with E-state index in [2.05, 4.69) is 13.0 Å². The van der Waals surface area contributed by atoms with Crippen LogP contribution in [0.3, 0.4) is 0 Å². The lowest BCUT2D eigenvalue weighted by molar-refractivity contribution is 0.280. The predicted molar refractivity (Wildman–Crippen MR) is 89.7 cm³/mol. The SMILES string of the molecule is CCC/C(C#N)=C1\c2ccc(CO)cc2COc2ccccc21. The average Bonchev–Trinajstić information content (AvgIpc) is 2.76. The Morgan fingerprint density at radius 2 is 2.04 bits per heavy atom. The Bertz CT molecular complexity index is 800. The van der Waals surface area contributed by atoms with Crippen molar-refractivity contribution in [2.75, 3.05) is 0 Å². The molecule has 1 aliphatic rings. The molecular weight excluding hydrogens is 286 g/mol. The first-order valence-electron chi connectivity index (χ1n) is 7.87. The first-order valence-corrected chi connectivity index (χ1v) is 7.87. The van der Waals surface area contributed by atoms with Crippen LogP contribution in [0.5, 0.6) is 5.75 Å². The Kier molecular flexibility index (Phi) is 4.45. The molecule has 2 aromatic carbocycles. The highest BCUT2D eigenvalue weighted by Gasteiger charge is 2.22. The summed E-state index contributed by atoms with van der Waals surface area (Å²) in [6.07, 6.45) is 1.65. The zero-order chi connectivity index (χ0) is 16.2. The second-order valence-electron chi connectivity index (χ2n) is 5.65. The average molecular weight is 305 g/mol. The molecule has 0 bridgehead atoms. The maximum absolute atomic E-state index is 9.66. The Balaban J connectivity index is 2.30. The zero-order valence-electron chi connectivity index (χ0n) is 13.2. The topological polar surface area (TPSA) is 53.2 Å². The maximum atomic E-state index is 9.66. The number of aliphatic hydroxyl groups is 1. The van der Waals surface area contributed by atoms with E-state index in [1.165, 1.54) is 0 Å². The van der Waals surface area contributed by atoms with Gasteiger partial charge >= 0.3 is 0 Å². The minimum atomic E-state index is -0.000652. The molecule has 0 aliphatic carbocycles. The lowest BCUT2D eigenvalue weighted by Gasteiger charge is -2.13. The standard InChI is InChI=1S/C20H19NO2/c1-2-5-15(11-21)20-17-9-8-14(12-22)10-16(17)13-23-19-7-4-3-6-18(19)20/h3-4,6-10,22H,2,5,12-13H2,1H3/b20-15-. The minimum Gasteiger partial charge on any atom is -0.488 e. The number of ether oxygens (including phenoxy) is 1. The van der Waals surface area contributed by atoms with Crippen molar-refractivity contribution in [2.24, 2.45) is 0 Å². The van der Waals surface area contributed by atoms with E-state index in [1.54, 1.807) is 0 Å². The Morgan fingerprint density at radius 3 is 2.78 bits per heavy atom. The number of nitrogens with zero attached hydrogens (tertiary/aromatic N) is 1. The number of para-hydroxylation sites is 1. The van der Waals surface area contributed by atoms with Gasteiger partial charge in [-0.2, -0.15) is 5.26 Å². The first kappa shape index (κ1) is 15.3. The van der Waals surface area contributed by atoms with Crippen LogP contribution in [0, 0.1) is 11.3 Å². The van der Waals surface area contributed by atoms with E-state index in [-0.39, 0.29) is 6.61 Å². The van der Waals surface area contributed by atoms with Crippen LogP contribution in [0.25, 0.3) is 5.57 Å². The van der Waals surface area contributed by atoms with Crippen molar-refractivity contribution in [3.8, 4) is 11.8 Å². The van der Waals surface area contributed by atoms with Crippen molar-refractivity contribution < 1.29 is 9.84 Å². The molecule has 3 heteroatoms. The van der Waals surface area contributed by atoms with Crippen molar-refractivity contribution >= 4 is 5.57 Å². The van der Waals surface area contributed by atoms with Crippen LogP contribution in [0.2, 0.25) is 0 Å². The van der Waals surface area contributed by atoms with E-state index < -0.39 is 0 Å². The molecule has 0 fully saturated rings. The van der Waals surface area contributed by atoms with E-state index >= 15 is 0 Å². The largest absolute Gasteiger partial charge is 0.488 e. The van der Waals surface area contributed by atoms with Crippen LogP contribution in [0.1, 0.15) is 42.0 Å². The summed E-state index contributed by atoms with van der Waals surface area (Å²) in [6, 6.07) is 16.1. The molecule has 1 aliphatic heterocycles. The second-order valence-corrected chi connectivity index (χ2v) is 5.65. The van der Waals surface area contributed by atoms with Gasteiger partial charge in [0.1, 0.15) is 12.4 Å². The third-order valence-corrected chi connectivity index (χ3v) is 4.10. The molecule has 0 aromatic heterocycles. The normalized spacial score (nSPS) is 14.8. The number of nitriles is 1. The van der Waals surface area contributed by atoms with Crippen molar-refractivity contribution in [2.45, 2.75) is 33.0 Å². The highest BCUT2D eigenvalue weighted by molar-refractivity contribution is 5.88. The van der Waals surface area contributed by atoms with Crippen LogP contribution >= 0.6 is 0 Å². The van der Waals surface area contributed by atoms with Crippen molar-refractivity contribution in [3.05, 3.63) is 70.3 Å². The van der Waals surface area contributed by atoms with Gasteiger partial charge < -0.3 is 9.84 Å². The monoisotopic (exact) mass is 305 g/mol. The number of fused-ring (bicyclic) bond motifs is 2. The predicted octanol–water partition coefficient (Wildman–Crippen LogP) is 4.20. The van der Waals surface area contributed by atoms with Gasteiger partial charge in [0.2, 0.25) is 0 Å². The molecule has 0 saturated heterocycles. The number of rotatable bonds is 3. The molecule has 2 aromatic rings. The van der Waals surface area contributed by atoms with Gasteiger partial charge in [0.15, 0.2) is 0 Å². The van der Waals surface area contributed by atoms with Crippen LogP contribution in [-0.2, 0) is 13.2 Å². The van der Waals surface area contributed by atoms with Crippen molar-refractivity contribution in [3.63, 3.8) is 0 Å². The maximum Gasteiger partial charge on any atom is 0.127 e. The Hall–Kier alpha value is -2.57. The first-order chi connectivity index (χ1) is 11.3. The molecule has 0 unspecified atom stereocenters. The van der Waals surface area contributed by atoms with Gasteiger partial charge in [-0.15, -0.1) is 0 Å². The third kappa shape index (κ3) is 2.86. The fourth-order valence-electron chi connectivity index (χ4n) is 3.02. The second kappa shape index (κ2) is 6.68. The lowest BCUT2D eigenvalue weighted by Crippen LogP contribution is -1.99. The summed E-state index contributed by atoms with van der Waals surface area (Å²) >= 11 is 0. The molecule has 0 atom stereocenters. The fraction of sp³-hybridized carbons (Fsp3) is 0.250. The summed E-state index contributed by atoms with van der Waals surface area (Å²) in [7, 11) is 0. The summed E-state index contributed by atoms with van der Waals surface area (Å²) in [5, 5.41) is 19.0. The van der Waals surface area contributed by atoms with E-state index in [0.29, 0.717) is 6.61 Å². The molecule has 23 heavy (non-hydrogen) atoms. The van der Waals surface area contributed by atoms with Gasteiger partial charge in [-0.1, -0.05) is 43.7 Å². The summed E-state index contributed by atoms with van der Waals surface area (Å²) in [4.78, 5) is 0. The molecule has 0 amide bonds. The molecule has 3 nitrogen and oxygen atoms in total. The van der Waals surface area contributed by atoms with Crippen LogP contribution < -0.4 is 4.74 Å². The highest BCUT2D eigenvalue weighted by atomic mass is 16.5. The number of hydrogen-bond acceptors (Lipinski definition) is 3. The lowest BCUT2D eigenvalue weighted by atomic mass is 9.88. The van der Waals surface area contributed by atoms with Crippen LogP contribution in [0.4, 0.5) is 0 Å². The third-order valence-electron chi connectivity index (χ3n) is 4.10. The number of allylic oxidation sites excluding steroid dienone is 1. The van der Waals surface area contributed by atoms with Gasteiger partial charge in [0.25, 0.3) is 0 Å². The zero-order valence-corrected chi connectivity index (χ0v) is 13.2. The van der Waals surface area contributed by atoms with Crippen molar-refractivity contribution in [1.82, 2.24) is 0 Å². The smallest absolute Gasteiger partial charge is 0.127 e. The van der Waals surface area contributed by atoms with Gasteiger partial charge in [-0.3, -0.25) is 0 Å². The van der Waals surface area contributed by atoms with Crippen LogP contribution in [-0.4, -0.2) is 5.11 Å². The summed E-state index contributed by atoms with van der Waals surface area (Å²) in [5.74, 6) is 0.799. The molecule has 1 N–H and O–H groups in total. The molecule has 1 heterocycles. The van der Waals surface area contributed by atoms with Gasteiger partial charge in [0.05, 0.1) is 12.7 Å². The number of benzene rings is 2. The van der Waals surface area contributed by atoms with Gasteiger partial charge in [-0.25, -0.2) is 0 Å². The fourth-order valence-corrected chi connectivity index (χ4v) is 3.02. The Labute approximate surface area is 136 Å². The molecule has 0 radical (unpaired) electrons. The summed E-state index contributed by atoms with van der Waals surface area (Å²) in [5.41, 5.74) is 5.59. The van der Waals surface area contributed by atoms with E-state index in [4.69, 9.17) is 4.74 Å². The quantitative estimate of drug-likeness (QED) is 0.865. The molecular formula is C20H19NO2. The summed E-state index contributed by atoms with van der Waals surface area (Å²) < 4.78 is 5.95. The summed E-state index contributed by atoms with van der Waals surface area (Å²) in [6.45, 7) is 2.51. The van der Waals surface area contributed by atoms with E-state index in [1.807, 2.05) is 42.5 Å². The Morgan fingerprint density at radius 1 is 1.22 bits per heavy atom. The van der Waals surface area contributed by atoms with Gasteiger partial charge in [-0.05, 0) is 35.2 Å². The van der Waals surface area contributed by atoms with Gasteiger partial charge in [0, 0.05) is 16.7 Å². The number of hydrogen-bond donors (Lipinski definition) is 1. The number of aliphatic hydroxyl groups excluding tert-OH is 1. The van der Waals surface area contributed by atoms with E-state index in [0.717, 1.165) is 52.0 Å².